The lowest BCUT2D eigenvalue weighted by atomic mass is 9.92. The van der Waals surface area contributed by atoms with Gasteiger partial charge in [-0.25, -0.2) is 4.79 Å². The first-order valence-corrected chi connectivity index (χ1v) is 8.67. The van der Waals surface area contributed by atoms with E-state index in [0.29, 0.717) is 22.1 Å². The van der Waals surface area contributed by atoms with Crippen LogP contribution in [0.3, 0.4) is 0 Å². The van der Waals surface area contributed by atoms with Crippen molar-refractivity contribution in [1.29, 1.82) is 0 Å². The van der Waals surface area contributed by atoms with Crippen molar-refractivity contribution in [2.45, 2.75) is 12.8 Å². The minimum atomic E-state index is -0.445. The summed E-state index contributed by atoms with van der Waals surface area (Å²) in [5, 5.41) is 0.493. The number of hydrogen-bond donors (Lipinski definition) is 0. The molecule has 0 heterocycles. The van der Waals surface area contributed by atoms with Crippen LogP contribution in [0.5, 0.6) is 11.5 Å². The fourth-order valence-electron chi connectivity index (χ4n) is 2.78. The minimum absolute atomic E-state index is 0.0356. The first-order valence-electron chi connectivity index (χ1n) is 8.29. The number of benzene rings is 3. The van der Waals surface area contributed by atoms with E-state index in [-0.39, 0.29) is 5.92 Å². The minimum Gasteiger partial charge on any atom is -0.497 e. The molecule has 0 aromatic heterocycles. The second kappa shape index (κ2) is 8.07. The van der Waals surface area contributed by atoms with E-state index >= 15 is 0 Å². The van der Waals surface area contributed by atoms with Crippen LogP contribution in [0.2, 0.25) is 5.02 Å². The van der Waals surface area contributed by atoms with Gasteiger partial charge in [-0.2, -0.15) is 0 Å². The molecule has 0 aliphatic rings. The third-order valence-corrected chi connectivity index (χ3v) is 4.48. The summed E-state index contributed by atoms with van der Waals surface area (Å²) < 4.78 is 11.0. The Balaban J connectivity index is 1.95. The van der Waals surface area contributed by atoms with Gasteiger partial charge in [0, 0.05) is 16.5 Å². The number of carbonyl (C=O) groups is 1. The second-order valence-electron chi connectivity index (χ2n) is 5.94. The third kappa shape index (κ3) is 4.06. The van der Waals surface area contributed by atoms with Gasteiger partial charge in [-0.1, -0.05) is 54.9 Å². The smallest absolute Gasteiger partial charge is 0.343 e. The van der Waals surface area contributed by atoms with Crippen LogP contribution in [0, 0.1) is 0 Å². The van der Waals surface area contributed by atoms with Crippen LogP contribution < -0.4 is 9.47 Å². The zero-order valence-corrected chi connectivity index (χ0v) is 15.4. The van der Waals surface area contributed by atoms with E-state index in [1.54, 1.807) is 43.5 Å². The molecular formula is C22H19ClO3. The number of halogens is 1. The van der Waals surface area contributed by atoms with Gasteiger partial charge in [0.05, 0.1) is 12.7 Å². The summed E-state index contributed by atoms with van der Waals surface area (Å²) in [7, 11) is 1.62. The lowest BCUT2D eigenvalue weighted by Crippen LogP contribution is -2.11. The molecule has 0 radical (unpaired) electrons. The zero-order chi connectivity index (χ0) is 18.5. The summed E-state index contributed by atoms with van der Waals surface area (Å²) in [5.41, 5.74) is 2.42. The van der Waals surface area contributed by atoms with Crippen LogP contribution in [-0.4, -0.2) is 13.1 Å². The fraction of sp³-hybridized carbons (Fsp3) is 0.136. The van der Waals surface area contributed by atoms with Gasteiger partial charge in [-0.3, -0.25) is 0 Å². The first kappa shape index (κ1) is 18.0. The Morgan fingerprint density at radius 1 is 0.962 bits per heavy atom. The van der Waals surface area contributed by atoms with E-state index in [0.717, 1.165) is 11.1 Å². The predicted molar refractivity (Wildman–Crippen MR) is 103 cm³/mol. The molecule has 132 valence electrons. The highest BCUT2D eigenvalue weighted by Gasteiger charge is 2.18. The molecule has 3 nitrogen and oxygen atoms in total. The molecule has 3 aromatic carbocycles. The van der Waals surface area contributed by atoms with Gasteiger partial charge in [-0.15, -0.1) is 0 Å². The highest BCUT2D eigenvalue weighted by atomic mass is 35.5. The molecule has 0 aliphatic carbocycles. The van der Waals surface area contributed by atoms with Crippen LogP contribution >= 0.6 is 11.6 Å². The van der Waals surface area contributed by atoms with Crippen LogP contribution in [0.1, 0.15) is 34.3 Å². The average Bonchev–Trinajstić information content (AvgIpc) is 2.68. The summed E-state index contributed by atoms with van der Waals surface area (Å²) in [4.78, 5) is 12.5. The molecule has 0 spiro atoms. The summed E-state index contributed by atoms with van der Waals surface area (Å²) in [5.74, 6) is 0.810. The zero-order valence-electron chi connectivity index (χ0n) is 14.6. The topological polar surface area (TPSA) is 35.5 Å². The number of esters is 1. The second-order valence-corrected chi connectivity index (χ2v) is 6.37. The molecule has 3 rings (SSSR count). The number of ether oxygens (including phenoxy) is 2. The monoisotopic (exact) mass is 366 g/mol. The highest BCUT2D eigenvalue weighted by Crippen LogP contribution is 2.35. The van der Waals surface area contributed by atoms with Crippen molar-refractivity contribution in [3.8, 4) is 11.5 Å². The quantitative estimate of drug-likeness (QED) is 0.428. The predicted octanol–water partition coefficient (Wildman–Crippen LogP) is 5.72. The van der Waals surface area contributed by atoms with Crippen LogP contribution in [0.4, 0.5) is 0 Å². The molecule has 1 unspecified atom stereocenters. The van der Waals surface area contributed by atoms with Gasteiger partial charge in [-0.05, 0) is 42.0 Å². The number of rotatable bonds is 5. The maximum atomic E-state index is 12.5. The van der Waals surface area contributed by atoms with Crippen LogP contribution in [0.25, 0.3) is 0 Å². The van der Waals surface area contributed by atoms with Gasteiger partial charge in [0.15, 0.2) is 0 Å². The van der Waals surface area contributed by atoms with E-state index in [1.807, 2.05) is 36.4 Å². The molecule has 0 aliphatic heterocycles. The number of hydrogen-bond acceptors (Lipinski definition) is 3. The van der Waals surface area contributed by atoms with E-state index in [1.165, 1.54) is 0 Å². The lowest BCUT2D eigenvalue weighted by molar-refractivity contribution is 0.0732. The Morgan fingerprint density at radius 3 is 2.42 bits per heavy atom. The standard InChI is InChI=1S/C22H19ClO3/c1-15(16-7-4-3-5-8-16)20-14-19(25-2)11-12-21(20)26-22(24)17-9-6-10-18(23)13-17/h3-15H,1-2H3. The summed E-state index contributed by atoms with van der Waals surface area (Å²) >= 11 is 5.97. The summed E-state index contributed by atoms with van der Waals surface area (Å²) in [6.07, 6.45) is 0. The Kier molecular flexibility index (Phi) is 5.59. The fourth-order valence-corrected chi connectivity index (χ4v) is 2.97. The largest absolute Gasteiger partial charge is 0.497 e. The van der Waals surface area contributed by atoms with Crippen molar-refractivity contribution in [3.63, 3.8) is 0 Å². The average molecular weight is 367 g/mol. The van der Waals surface area contributed by atoms with Gasteiger partial charge in [0.1, 0.15) is 11.5 Å². The summed E-state index contributed by atoms with van der Waals surface area (Å²) in [6, 6.07) is 22.2. The van der Waals surface area contributed by atoms with E-state index in [9.17, 15) is 4.79 Å². The Hall–Kier alpha value is -2.78. The molecular weight excluding hydrogens is 348 g/mol. The third-order valence-electron chi connectivity index (χ3n) is 4.25. The molecule has 0 bridgehead atoms. The molecule has 0 saturated carbocycles. The molecule has 0 fully saturated rings. The Labute approximate surface area is 158 Å². The van der Waals surface area contributed by atoms with Crippen molar-refractivity contribution in [2.75, 3.05) is 7.11 Å². The number of methoxy groups -OCH3 is 1. The van der Waals surface area contributed by atoms with E-state index in [4.69, 9.17) is 21.1 Å². The van der Waals surface area contributed by atoms with Crippen LogP contribution in [0.15, 0.2) is 72.8 Å². The molecule has 26 heavy (non-hydrogen) atoms. The van der Waals surface area contributed by atoms with Gasteiger partial charge < -0.3 is 9.47 Å². The first-order chi connectivity index (χ1) is 12.6. The number of carbonyl (C=O) groups excluding carboxylic acids is 1. The Morgan fingerprint density at radius 2 is 1.73 bits per heavy atom. The van der Waals surface area contributed by atoms with Gasteiger partial charge >= 0.3 is 5.97 Å². The van der Waals surface area contributed by atoms with Crippen molar-refractivity contribution in [3.05, 3.63) is 94.5 Å². The normalized spacial score (nSPS) is 11.7. The van der Waals surface area contributed by atoms with Gasteiger partial charge in [0.2, 0.25) is 0 Å². The van der Waals surface area contributed by atoms with E-state index in [2.05, 4.69) is 6.92 Å². The summed E-state index contributed by atoms with van der Waals surface area (Å²) in [6.45, 7) is 2.07. The molecule has 0 N–H and O–H groups in total. The van der Waals surface area contributed by atoms with Crippen LogP contribution in [-0.2, 0) is 0 Å². The Bertz CT molecular complexity index is 906. The van der Waals surface area contributed by atoms with Crippen molar-refractivity contribution in [1.82, 2.24) is 0 Å². The molecule has 3 aromatic rings. The lowest BCUT2D eigenvalue weighted by Gasteiger charge is -2.18. The SMILES string of the molecule is COc1ccc(OC(=O)c2cccc(Cl)c2)c(C(C)c2ccccc2)c1. The van der Waals surface area contributed by atoms with E-state index < -0.39 is 5.97 Å². The highest BCUT2D eigenvalue weighted by molar-refractivity contribution is 6.30. The molecule has 1 atom stereocenters. The molecule has 4 heteroatoms. The van der Waals surface area contributed by atoms with Crippen molar-refractivity contribution >= 4 is 17.6 Å². The van der Waals surface area contributed by atoms with Gasteiger partial charge in [0.25, 0.3) is 0 Å². The molecule has 0 amide bonds. The van der Waals surface area contributed by atoms with Crippen molar-refractivity contribution in [2.24, 2.45) is 0 Å². The maximum Gasteiger partial charge on any atom is 0.343 e. The van der Waals surface area contributed by atoms with Crippen molar-refractivity contribution < 1.29 is 14.3 Å². The maximum absolute atomic E-state index is 12.5. The molecule has 0 saturated heterocycles.